The molecular weight excluding hydrogens is 410 g/mol. The quantitative estimate of drug-likeness (QED) is 0.539. The number of rotatable bonds is 6. The van der Waals surface area contributed by atoms with E-state index in [1.54, 1.807) is 28.6 Å². The van der Waals surface area contributed by atoms with E-state index in [9.17, 15) is 9.59 Å². The van der Waals surface area contributed by atoms with E-state index in [1.807, 2.05) is 12.1 Å². The van der Waals surface area contributed by atoms with Crippen molar-refractivity contribution >= 4 is 17.5 Å². The second kappa shape index (κ2) is 8.67. The highest BCUT2D eigenvalue weighted by atomic mass is 35.5. The fourth-order valence-corrected chi connectivity index (χ4v) is 3.76. The van der Waals surface area contributed by atoms with Crippen LogP contribution < -0.4 is 5.43 Å². The minimum Gasteiger partial charge on any atom is -0.330 e. The summed E-state index contributed by atoms with van der Waals surface area (Å²) in [4.78, 5) is 27.9. The van der Waals surface area contributed by atoms with Crippen molar-refractivity contribution in [1.29, 1.82) is 0 Å². The van der Waals surface area contributed by atoms with Gasteiger partial charge in [-0.1, -0.05) is 49.7 Å². The number of benzene rings is 2. The zero-order chi connectivity index (χ0) is 22.1. The van der Waals surface area contributed by atoms with Crippen LogP contribution in [0.2, 0.25) is 5.02 Å². The molecule has 1 aliphatic rings. The van der Waals surface area contributed by atoms with Crippen LogP contribution in [0.4, 0.5) is 0 Å². The fraction of sp³-hybridized carbons (Fsp3) is 0.320. The monoisotopic (exact) mass is 435 g/mol. The molecule has 5 nitrogen and oxygen atoms in total. The lowest BCUT2D eigenvalue weighted by molar-refractivity contribution is 0.0720. The molecule has 1 fully saturated rings. The molecule has 0 atom stereocenters. The van der Waals surface area contributed by atoms with E-state index in [0.717, 1.165) is 24.1 Å². The highest BCUT2D eigenvalue weighted by molar-refractivity contribution is 6.30. The standard InChI is InChI=1S/C25H26ClN3O2/c1-16(2)19-6-4-18(5-7-19)15-28(21-12-13-21)25(31)24-23(30)14-17(3)29(27-24)22-10-8-20(26)9-11-22/h4-11,14,16,21H,12-13,15H2,1-3H3. The van der Waals surface area contributed by atoms with E-state index in [4.69, 9.17) is 11.6 Å². The summed E-state index contributed by atoms with van der Waals surface area (Å²) < 4.78 is 1.62. The molecule has 1 aromatic heterocycles. The van der Waals surface area contributed by atoms with Crippen molar-refractivity contribution < 1.29 is 4.79 Å². The Morgan fingerprint density at radius 2 is 1.77 bits per heavy atom. The second-order valence-electron chi connectivity index (χ2n) is 8.45. The predicted octanol–water partition coefficient (Wildman–Crippen LogP) is 5.12. The second-order valence-corrected chi connectivity index (χ2v) is 8.88. The Bertz CT molecular complexity index is 1150. The molecule has 6 heteroatoms. The molecule has 1 aliphatic carbocycles. The number of hydrogen-bond acceptors (Lipinski definition) is 3. The summed E-state index contributed by atoms with van der Waals surface area (Å²) >= 11 is 5.99. The van der Waals surface area contributed by atoms with Crippen LogP contribution in [0.25, 0.3) is 5.69 Å². The Morgan fingerprint density at radius 1 is 1.13 bits per heavy atom. The topological polar surface area (TPSA) is 55.2 Å². The first-order valence-corrected chi connectivity index (χ1v) is 11.0. The molecule has 4 rings (SSSR count). The van der Waals surface area contributed by atoms with E-state index in [-0.39, 0.29) is 23.1 Å². The van der Waals surface area contributed by atoms with Crippen molar-refractivity contribution in [3.05, 3.63) is 92.4 Å². The van der Waals surface area contributed by atoms with Gasteiger partial charge in [-0.05, 0) is 61.1 Å². The van der Waals surface area contributed by atoms with E-state index in [0.29, 0.717) is 23.2 Å². The van der Waals surface area contributed by atoms with Crippen LogP contribution in [0.1, 0.15) is 59.9 Å². The SMILES string of the molecule is Cc1cc(=O)c(C(=O)N(Cc2ccc(C(C)C)cc2)C2CC2)nn1-c1ccc(Cl)cc1. The lowest BCUT2D eigenvalue weighted by Crippen LogP contribution is -2.37. The Kier molecular flexibility index (Phi) is 5.96. The van der Waals surface area contributed by atoms with Crippen molar-refractivity contribution in [3.8, 4) is 5.69 Å². The minimum absolute atomic E-state index is 0.0498. The fourth-order valence-electron chi connectivity index (χ4n) is 3.63. The number of amides is 1. The first-order valence-electron chi connectivity index (χ1n) is 10.6. The number of aromatic nitrogens is 2. The lowest BCUT2D eigenvalue weighted by atomic mass is 10.0. The molecule has 3 aromatic rings. The summed E-state index contributed by atoms with van der Waals surface area (Å²) in [6.45, 7) is 6.58. The van der Waals surface area contributed by atoms with Crippen LogP contribution in [0.3, 0.4) is 0 Å². The van der Waals surface area contributed by atoms with Gasteiger partial charge in [-0.3, -0.25) is 9.59 Å². The normalized spacial score (nSPS) is 13.5. The van der Waals surface area contributed by atoms with E-state index in [2.05, 4.69) is 43.2 Å². The highest BCUT2D eigenvalue weighted by Gasteiger charge is 2.35. The molecule has 1 heterocycles. The first kappa shape index (κ1) is 21.3. The van der Waals surface area contributed by atoms with Crippen LogP contribution in [0, 0.1) is 6.92 Å². The molecule has 0 aliphatic heterocycles. The third-order valence-electron chi connectivity index (χ3n) is 5.63. The van der Waals surface area contributed by atoms with Crippen LogP contribution in [0.5, 0.6) is 0 Å². The van der Waals surface area contributed by atoms with Crippen LogP contribution in [0.15, 0.2) is 59.4 Å². The summed E-state index contributed by atoms with van der Waals surface area (Å²) in [6, 6.07) is 17.1. The molecule has 0 unspecified atom stereocenters. The molecular formula is C25H26ClN3O2. The van der Waals surface area contributed by atoms with Gasteiger partial charge in [-0.25, -0.2) is 4.68 Å². The Labute approximate surface area is 187 Å². The Hall–Kier alpha value is -2.92. The Morgan fingerprint density at radius 3 is 2.35 bits per heavy atom. The van der Waals surface area contributed by atoms with Gasteiger partial charge in [-0.15, -0.1) is 0 Å². The number of hydrogen-bond donors (Lipinski definition) is 0. The summed E-state index contributed by atoms with van der Waals surface area (Å²) in [5, 5.41) is 5.06. The summed E-state index contributed by atoms with van der Waals surface area (Å²) in [5.41, 5.74) is 3.32. The molecule has 0 saturated heterocycles. The maximum absolute atomic E-state index is 13.4. The van der Waals surface area contributed by atoms with Gasteiger partial charge in [0.1, 0.15) is 0 Å². The van der Waals surface area contributed by atoms with Gasteiger partial charge in [0.05, 0.1) is 5.69 Å². The van der Waals surface area contributed by atoms with Gasteiger partial charge in [-0.2, -0.15) is 5.10 Å². The third-order valence-corrected chi connectivity index (χ3v) is 5.88. The van der Waals surface area contributed by atoms with Crippen LogP contribution in [-0.4, -0.2) is 26.6 Å². The van der Waals surface area contributed by atoms with E-state index in [1.165, 1.54) is 11.6 Å². The Balaban J connectivity index is 1.65. The van der Waals surface area contributed by atoms with Gasteiger partial charge in [0.2, 0.25) is 5.43 Å². The average Bonchev–Trinajstić information content (AvgIpc) is 3.58. The summed E-state index contributed by atoms with van der Waals surface area (Å²) in [6.07, 6.45) is 1.90. The van der Waals surface area contributed by atoms with Crippen LogP contribution >= 0.6 is 11.6 Å². The van der Waals surface area contributed by atoms with Crippen molar-refractivity contribution in [2.75, 3.05) is 0 Å². The van der Waals surface area contributed by atoms with Crippen molar-refractivity contribution in [3.63, 3.8) is 0 Å². The largest absolute Gasteiger partial charge is 0.330 e. The van der Waals surface area contributed by atoms with Gasteiger partial charge in [0, 0.05) is 29.4 Å². The molecule has 2 aromatic carbocycles. The van der Waals surface area contributed by atoms with E-state index < -0.39 is 0 Å². The molecule has 1 saturated carbocycles. The summed E-state index contributed by atoms with van der Waals surface area (Å²) in [5.74, 6) is 0.140. The maximum atomic E-state index is 13.4. The molecule has 1 amide bonds. The minimum atomic E-state index is -0.353. The molecule has 0 radical (unpaired) electrons. The van der Waals surface area contributed by atoms with Crippen molar-refractivity contribution in [2.45, 2.75) is 52.1 Å². The molecule has 0 spiro atoms. The molecule has 160 valence electrons. The zero-order valence-electron chi connectivity index (χ0n) is 18.0. The smallest absolute Gasteiger partial charge is 0.278 e. The zero-order valence-corrected chi connectivity index (χ0v) is 18.8. The number of halogens is 1. The number of carbonyl (C=O) groups is 1. The predicted molar refractivity (Wildman–Crippen MR) is 123 cm³/mol. The van der Waals surface area contributed by atoms with E-state index >= 15 is 0 Å². The lowest BCUT2D eigenvalue weighted by Gasteiger charge is -2.23. The third kappa shape index (κ3) is 4.72. The number of aryl methyl sites for hydroxylation is 1. The van der Waals surface area contributed by atoms with Crippen LogP contribution in [-0.2, 0) is 6.54 Å². The first-order chi connectivity index (χ1) is 14.8. The number of carbonyl (C=O) groups excluding carboxylic acids is 1. The molecule has 31 heavy (non-hydrogen) atoms. The molecule has 0 N–H and O–H groups in total. The summed E-state index contributed by atoms with van der Waals surface area (Å²) in [7, 11) is 0. The van der Waals surface area contributed by atoms with Crippen molar-refractivity contribution in [2.24, 2.45) is 0 Å². The average molecular weight is 436 g/mol. The van der Waals surface area contributed by atoms with Crippen molar-refractivity contribution in [1.82, 2.24) is 14.7 Å². The maximum Gasteiger partial charge on any atom is 0.278 e. The van der Waals surface area contributed by atoms with Gasteiger partial charge in [0.25, 0.3) is 5.91 Å². The molecule has 0 bridgehead atoms. The number of nitrogens with zero attached hydrogens (tertiary/aromatic N) is 3. The van der Waals surface area contributed by atoms with Gasteiger partial charge < -0.3 is 4.90 Å². The van der Waals surface area contributed by atoms with Gasteiger partial charge in [0.15, 0.2) is 5.69 Å². The highest BCUT2D eigenvalue weighted by Crippen LogP contribution is 2.29. The van der Waals surface area contributed by atoms with Gasteiger partial charge >= 0.3 is 0 Å².